The third kappa shape index (κ3) is 4.06. The van der Waals surface area contributed by atoms with E-state index in [1.807, 2.05) is 31.7 Å². The lowest BCUT2D eigenvalue weighted by molar-refractivity contribution is 0.0167. The number of fused-ring (bicyclic) bond motifs is 1. The monoisotopic (exact) mass is 346 g/mol. The van der Waals surface area contributed by atoms with Gasteiger partial charge in [-0.25, -0.2) is 4.79 Å². The summed E-state index contributed by atoms with van der Waals surface area (Å²) in [6, 6.07) is 4.98. The summed E-state index contributed by atoms with van der Waals surface area (Å²) in [7, 11) is 0. The summed E-state index contributed by atoms with van der Waals surface area (Å²) < 4.78 is 5.42. The van der Waals surface area contributed by atoms with Crippen molar-refractivity contribution in [3.8, 4) is 5.75 Å². The Balaban J connectivity index is 1.52. The van der Waals surface area contributed by atoms with Crippen LogP contribution in [0.1, 0.15) is 49.5 Å². The van der Waals surface area contributed by atoms with Gasteiger partial charge in [-0.15, -0.1) is 0 Å². The van der Waals surface area contributed by atoms with Crippen LogP contribution in [0.15, 0.2) is 18.2 Å². The minimum atomic E-state index is -0.479. The van der Waals surface area contributed by atoms with Crippen LogP contribution in [0.4, 0.5) is 4.79 Å². The van der Waals surface area contributed by atoms with E-state index in [-0.39, 0.29) is 17.7 Å². The molecule has 2 amide bonds. The van der Waals surface area contributed by atoms with Gasteiger partial charge < -0.3 is 19.6 Å². The number of likely N-dealkylation sites (tertiary alicyclic amines) is 1. The maximum atomic E-state index is 12.5. The second-order valence-corrected chi connectivity index (χ2v) is 7.94. The fourth-order valence-electron chi connectivity index (χ4n) is 3.43. The Morgan fingerprint density at radius 1 is 1.28 bits per heavy atom. The zero-order valence-electron chi connectivity index (χ0n) is 15.1. The maximum Gasteiger partial charge on any atom is 0.410 e. The molecule has 0 aliphatic carbocycles. The first kappa shape index (κ1) is 17.6. The number of aromatic hydroxyl groups is 1. The summed E-state index contributed by atoms with van der Waals surface area (Å²) in [5.74, 6) is 0.491. The molecule has 1 N–H and O–H groups in total. The lowest BCUT2D eigenvalue weighted by Crippen LogP contribution is -2.43. The Hall–Kier alpha value is -2.24. The molecule has 6 heteroatoms. The molecular formula is C19H26N2O4. The summed E-state index contributed by atoms with van der Waals surface area (Å²) >= 11 is 0. The van der Waals surface area contributed by atoms with E-state index in [0.717, 1.165) is 18.4 Å². The largest absolute Gasteiger partial charge is 0.508 e. The Labute approximate surface area is 148 Å². The van der Waals surface area contributed by atoms with Crippen molar-refractivity contribution in [2.24, 2.45) is 5.92 Å². The normalized spacial score (nSPS) is 18.4. The van der Waals surface area contributed by atoms with Gasteiger partial charge >= 0.3 is 6.09 Å². The number of piperidine rings is 1. The van der Waals surface area contributed by atoms with Crippen molar-refractivity contribution >= 4 is 12.0 Å². The highest BCUT2D eigenvalue weighted by Crippen LogP contribution is 2.29. The predicted molar refractivity (Wildman–Crippen MR) is 93.4 cm³/mol. The molecule has 0 spiro atoms. The van der Waals surface area contributed by atoms with Crippen molar-refractivity contribution in [2.45, 2.75) is 45.8 Å². The fourth-order valence-corrected chi connectivity index (χ4v) is 3.43. The zero-order valence-corrected chi connectivity index (χ0v) is 15.1. The smallest absolute Gasteiger partial charge is 0.410 e. The number of hydrogen-bond donors (Lipinski definition) is 1. The van der Waals surface area contributed by atoms with Crippen LogP contribution < -0.4 is 0 Å². The first-order chi connectivity index (χ1) is 11.7. The van der Waals surface area contributed by atoms with Crippen molar-refractivity contribution in [1.29, 1.82) is 0 Å². The molecule has 1 aromatic rings. The molecule has 2 aliphatic rings. The van der Waals surface area contributed by atoms with Crippen molar-refractivity contribution in [3.05, 3.63) is 29.3 Å². The van der Waals surface area contributed by atoms with E-state index in [1.165, 1.54) is 0 Å². The van der Waals surface area contributed by atoms with Gasteiger partial charge in [0.25, 0.3) is 5.91 Å². The number of carbonyl (C=O) groups excluding carboxylic acids is 2. The van der Waals surface area contributed by atoms with Gasteiger partial charge in [0.15, 0.2) is 0 Å². The topological polar surface area (TPSA) is 70.1 Å². The van der Waals surface area contributed by atoms with E-state index >= 15 is 0 Å². The van der Waals surface area contributed by atoms with Crippen LogP contribution in [0.25, 0.3) is 0 Å². The molecule has 136 valence electrons. The van der Waals surface area contributed by atoms with E-state index in [1.54, 1.807) is 17.0 Å². The molecule has 6 nitrogen and oxygen atoms in total. The predicted octanol–water partition coefficient (Wildman–Crippen LogP) is 3.00. The second-order valence-electron chi connectivity index (χ2n) is 7.94. The number of rotatable bonds is 2. The minimum absolute atomic E-state index is 0.0135. The first-order valence-corrected chi connectivity index (χ1v) is 8.82. The van der Waals surface area contributed by atoms with Crippen molar-refractivity contribution in [1.82, 2.24) is 9.80 Å². The average Bonchev–Trinajstić information content (AvgIpc) is 2.82. The lowest BCUT2D eigenvalue weighted by atomic mass is 9.96. The molecular weight excluding hydrogens is 320 g/mol. The van der Waals surface area contributed by atoms with E-state index in [2.05, 4.69) is 0 Å². The molecule has 0 bridgehead atoms. The van der Waals surface area contributed by atoms with E-state index in [9.17, 15) is 14.7 Å². The molecule has 2 heterocycles. The second kappa shape index (κ2) is 6.58. The van der Waals surface area contributed by atoms with Crippen LogP contribution in [-0.4, -0.2) is 52.1 Å². The standard InChI is InChI=1S/C19H26N2O4/c1-19(2,3)25-18(24)20-8-6-13(7-9-20)11-21-12-14-4-5-15(22)10-16(14)17(21)23/h4-5,10,13,22H,6-9,11-12H2,1-3H3. The molecule has 0 unspecified atom stereocenters. The van der Waals surface area contributed by atoms with Gasteiger partial charge in [0.05, 0.1) is 0 Å². The summed E-state index contributed by atoms with van der Waals surface area (Å²) in [4.78, 5) is 28.2. The van der Waals surface area contributed by atoms with E-state index < -0.39 is 5.60 Å². The van der Waals surface area contributed by atoms with Crippen LogP contribution in [0, 0.1) is 5.92 Å². The molecule has 25 heavy (non-hydrogen) atoms. The Morgan fingerprint density at radius 2 is 1.96 bits per heavy atom. The minimum Gasteiger partial charge on any atom is -0.508 e. The van der Waals surface area contributed by atoms with Crippen molar-refractivity contribution in [3.63, 3.8) is 0 Å². The third-order valence-electron chi connectivity index (χ3n) is 4.72. The third-order valence-corrected chi connectivity index (χ3v) is 4.72. The molecule has 3 rings (SSSR count). The Bertz CT molecular complexity index is 672. The molecule has 2 aliphatic heterocycles. The number of nitrogens with zero attached hydrogens (tertiary/aromatic N) is 2. The summed E-state index contributed by atoms with van der Waals surface area (Å²) in [5.41, 5.74) is 1.09. The number of ether oxygens (including phenoxy) is 1. The zero-order chi connectivity index (χ0) is 18.2. The molecule has 1 fully saturated rings. The van der Waals surface area contributed by atoms with Crippen LogP contribution in [-0.2, 0) is 11.3 Å². The average molecular weight is 346 g/mol. The van der Waals surface area contributed by atoms with Crippen LogP contribution in [0.3, 0.4) is 0 Å². The lowest BCUT2D eigenvalue weighted by Gasteiger charge is -2.34. The molecule has 0 saturated carbocycles. The Kier molecular flexibility index (Phi) is 4.62. The van der Waals surface area contributed by atoms with Gasteiger partial charge in [-0.05, 0) is 57.2 Å². The van der Waals surface area contributed by atoms with Crippen LogP contribution in [0.5, 0.6) is 5.75 Å². The molecule has 0 radical (unpaired) electrons. The summed E-state index contributed by atoms with van der Waals surface area (Å²) in [6.07, 6.45) is 1.47. The molecule has 0 aromatic heterocycles. The molecule has 1 aromatic carbocycles. The fraction of sp³-hybridized carbons (Fsp3) is 0.579. The van der Waals surface area contributed by atoms with Gasteiger partial charge in [-0.1, -0.05) is 6.07 Å². The number of carbonyl (C=O) groups is 2. The summed E-state index contributed by atoms with van der Waals surface area (Å²) in [6.45, 7) is 8.21. The quantitative estimate of drug-likeness (QED) is 0.894. The van der Waals surface area contributed by atoms with E-state index in [4.69, 9.17) is 4.74 Å². The number of amides is 2. The highest BCUT2D eigenvalue weighted by Gasteiger charge is 2.32. The maximum absolute atomic E-state index is 12.5. The van der Waals surface area contributed by atoms with Crippen molar-refractivity contribution in [2.75, 3.05) is 19.6 Å². The van der Waals surface area contributed by atoms with Crippen LogP contribution >= 0.6 is 0 Å². The van der Waals surface area contributed by atoms with Crippen LogP contribution in [0.2, 0.25) is 0 Å². The number of phenols is 1. The van der Waals surface area contributed by atoms with Gasteiger partial charge in [0.2, 0.25) is 0 Å². The van der Waals surface area contributed by atoms with Gasteiger partial charge in [0, 0.05) is 31.7 Å². The van der Waals surface area contributed by atoms with E-state index in [0.29, 0.717) is 37.7 Å². The Morgan fingerprint density at radius 3 is 2.60 bits per heavy atom. The first-order valence-electron chi connectivity index (χ1n) is 8.82. The van der Waals surface area contributed by atoms with Gasteiger partial charge in [-0.3, -0.25) is 4.79 Å². The highest BCUT2D eigenvalue weighted by atomic mass is 16.6. The SMILES string of the molecule is CC(C)(C)OC(=O)N1CCC(CN2Cc3ccc(O)cc3C2=O)CC1. The number of benzene rings is 1. The number of hydrogen-bond acceptors (Lipinski definition) is 4. The summed E-state index contributed by atoms with van der Waals surface area (Å²) in [5, 5.41) is 9.56. The highest BCUT2D eigenvalue weighted by molar-refractivity contribution is 5.98. The van der Waals surface area contributed by atoms with Crippen molar-refractivity contribution < 1.29 is 19.4 Å². The number of phenolic OH excluding ortho intramolecular Hbond substituents is 1. The molecule has 1 saturated heterocycles. The van der Waals surface area contributed by atoms with Gasteiger partial charge in [0.1, 0.15) is 11.4 Å². The molecule has 0 atom stereocenters. The van der Waals surface area contributed by atoms with Gasteiger partial charge in [-0.2, -0.15) is 0 Å².